The molecular weight excluding hydrogens is 658 g/mol. The van der Waals surface area contributed by atoms with E-state index in [1.165, 1.54) is 42.3 Å². The summed E-state index contributed by atoms with van der Waals surface area (Å²) in [5.74, 6) is -3.85. The molecule has 0 saturated carbocycles. The Morgan fingerprint density at radius 1 is 0.940 bits per heavy atom. The number of likely N-dealkylation sites (N-methyl/N-ethyl adjacent to an activating group) is 1. The van der Waals surface area contributed by atoms with Crippen molar-refractivity contribution in [1.29, 1.82) is 0 Å². The molecule has 0 fully saturated rings. The van der Waals surface area contributed by atoms with E-state index in [1.54, 1.807) is 41.9 Å². The maximum absolute atomic E-state index is 14.4. The van der Waals surface area contributed by atoms with Crippen LogP contribution in [0.4, 0.5) is 23.4 Å². The number of nitrogens with one attached hydrogen (secondary N) is 2. The summed E-state index contributed by atoms with van der Waals surface area (Å²) in [6, 6.07) is 16.6. The molecule has 10 nitrogen and oxygen atoms in total. The number of carbonyl (C=O) groups excluding carboxylic acids is 4. The van der Waals surface area contributed by atoms with E-state index in [0.29, 0.717) is 47.2 Å². The molecule has 1 aliphatic heterocycles. The van der Waals surface area contributed by atoms with Crippen LogP contribution in [-0.2, 0) is 31.8 Å². The van der Waals surface area contributed by atoms with Crippen molar-refractivity contribution in [1.82, 2.24) is 20.4 Å². The summed E-state index contributed by atoms with van der Waals surface area (Å²) >= 11 is 0. The number of esters is 1. The zero-order chi connectivity index (χ0) is 35.7. The molecule has 3 aromatic carbocycles. The minimum absolute atomic E-state index is 0.109. The van der Waals surface area contributed by atoms with Crippen LogP contribution in [0.15, 0.2) is 90.0 Å². The average molecular weight is 690 g/mol. The second kappa shape index (κ2) is 13.6. The van der Waals surface area contributed by atoms with Crippen LogP contribution in [0.3, 0.4) is 0 Å². The number of para-hydroxylation sites is 1. The lowest BCUT2D eigenvalue weighted by Crippen LogP contribution is -2.55. The minimum Gasteiger partial charge on any atom is -0.466 e. The molecule has 2 N–H and O–H groups in total. The number of fused-ring (bicyclic) bond motifs is 1. The number of anilines is 1. The van der Waals surface area contributed by atoms with Gasteiger partial charge in [-0.2, -0.15) is 18.3 Å². The molecule has 0 bridgehead atoms. The maximum Gasteiger partial charge on any atom is 0.416 e. The maximum atomic E-state index is 14.4. The van der Waals surface area contributed by atoms with Gasteiger partial charge in [0.15, 0.2) is 0 Å². The van der Waals surface area contributed by atoms with Crippen molar-refractivity contribution in [2.75, 3.05) is 18.6 Å². The molecule has 258 valence electrons. The van der Waals surface area contributed by atoms with Gasteiger partial charge in [-0.15, -0.1) is 0 Å². The first-order valence-corrected chi connectivity index (χ1v) is 15.7. The van der Waals surface area contributed by atoms with E-state index in [0.717, 1.165) is 12.1 Å². The zero-order valence-corrected chi connectivity index (χ0v) is 26.9. The van der Waals surface area contributed by atoms with Gasteiger partial charge in [-0.05, 0) is 67.8 Å². The van der Waals surface area contributed by atoms with Gasteiger partial charge < -0.3 is 15.4 Å². The SMILES string of the molecule is CCN1C(=O)[C@@H](NC(=O)c2cccc(C(F)(F)F)c2)[C@@H](c2ccc(F)cc2)c2c(CNC(=O)C3=C(C(=O)OC)CC3)nn(-c3ccccc3)c21. The van der Waals surface area contributed by atoms with Gasteiger partial charge >= 0.3 is 12.1 Å². The van der Waals surface area contributed by atoms with Gasteiger partial charge in [0.2, 0.25) is 5.91 Å². The second-order valence-corrected chi connectivity index (χ2v) is 11.7. The first-order chi connectivity index (χ1) is 23.9. The summed E-state index contributed by atoms with van der Waals surface area (Å²) in [5, 5.41) is 10.3. The first-order valence-electron chi connectivity index (χ1n) is 15.7. The lowest BCUT2D eigenvalue weighted by atomic mass is 9.80. The number of ether oxygens (including phenoxy) is 1. The van der Waals surface area contributed by atoms with Crippen molar-refractivity contribution >= 4 is 29.5 Å². The number of benzene rings is 3. The molecule has 3 amide bonds. The summed E-state index contributed by atoms with van der Waals surface area (Å²) in [5.41, 5.74) is 0.898. The summed E-state index contributed by atoms with van der Waals surface area (Å²) in [7, 11) is 1.23. The smallest absolute Gasteiger partial charge is 0.416 e. The topological polar surface area (TPSA) is 123 Å². The largest absolute Gasteiger partial charge is 0.466 e. The number of nitrogens with zero attached hydrogens (tertiary/aromatic N) is 3. The van der Waals surface area contributed by atoms with E-state index >= 15 is 0 Å². The second-order valence-electron chi connectivity index (χ2n) is 11.7. The standard InChI is InChI=1S/C36H31F4N5O5/c1-3-44-33-29(27(43-45(33)24-10-5-4-6-11-24)19-41-32(47)25-16-17-26(25)35(49)50-2)28(20-12-14-23(37)15-13-20)30(34(44)48)42-31(46)21-8-7-9-22(18-21)36(38,39)40/h4-15,18,28,30H,3,16-17,19H2,1-2H3,(H,41,47)(H,42,46)/t28-,30-/m0/s1. The van der Waals surface area contributed by atoms with Crippen LogP contribution < -0.4 is 15.5 Å². The fourth-order valence-electron chi connectivity index (χ4n) is 6.29. The zero-order valence-electron chi connectivity index (χ0n) is 26.9. The Labute approximate surface area is 283 Å². The Morgan fingerprint density at radius 3 is 2.26 bits per heavy atom. The van der Waals surface area contributed by atoms with Crippen LogP contribution in [-0.4, -0.2) is 53.2 Å². The minimum atomic E-state index is -4.71. The summed E-state index contributed by atoms with van der Waals surface area (Å²) in [6.45, 7) is 1.65. The Hall–Kier alpha value is -5.79. The van der Waals surface area contributed by atoms with Gasteiger partial charge in [-0.1, -0.05) is 36.4 Å². The molecule has 1 aromatic heterocycles. The summed E-state index contributed by atoms with van der Waals surface area (Å²) < 4.78 is 61.1. The van der Waals surface area contributed by atoms with Crippen molar-refractivity contribution in [3.8, 4) is 5.69 Å². The van der Waals surface area contributed by atoms with Crippen molar-refractivity contribution in [3.05, 3.63) is 124 Å². The lowest BCUT2D eigenvalue weighted by Gasteiger charge is -2.38. The predicted molar refractivity (Wildman–Crippen MR) is 173 cm³/mol. The van der Waals surface area contributed by atoms with E-state index in [1.807, 2.05) is 0 Å². The molecule has 0 radical (unpaired) electrons. The van der Waals surface area contributed by atoms with Crippen molar-refractivity contribution in [2.24, 2.45) is 0 Å². The number of alkyl halides is 3. The monoisotopic (exact) mass is 689 g/mol. The molecular formula is C36H31F4N5O5. The third-order valence-electron chi connectivity index (χ3n) is 8.80. The summed E-state index contributed by atoms with van der Waals surface area (Å²) in [4.78, 5) is 54.8. The number of methoxy groups -OCH3 is 1. The molecule has 0 saturated heterocycles. The number of halogens is 4. The first kappa shape index (κ1) is 34.1. The Bertz CT molecular complexity index is 2010. The molecule has 1 aliphatic carbocycles. The number of amides is 3. The highest BCUT2D eigenvalue weighted by atomic mass is 19.4. The average Bonchev–Trinajstić information content (AvgIpc) is 3.46. The fourth-order valence-corrected chi connectivity index (χ4v) is 6.29. The molecule has 6 rings (SSSR count). The van der Waals surface area contributed by atoms with Gasteiger partial charge in [-0.25, -0.2) is 13.9 Å². The van der Waals surface area contributed by atoms with Gasteiger partial charge in [0.1, 0.15) is 17.7 Å². The highest BCUT2D eigenvalue weighted by Crippen LogP contribution is 2.44. The molecule has 0 unspecified atom stereocenters. The number of carbonyl (C=O) groups is 4. The van der Waals surface area contributed by atoms with Crippen LogP contribution in [0.2, 0.25) is 0 Å². The van der Waals surface area contributed by atoms with E-state index in [4.69, 9.17) is 9.84 Å². The Balaban J connectivity index is 1.49. The highest BCUT2D eigenvalue weighted by Gasteiger charge is 2.46. The number of aromatic nitrogens is 2. The fraction of sp³-hybridized carbons (Fsp3) is 0.250. The van der Waals surface area contributed by atoms with Crippen molar-refractivity contribution < 1.29 is 41.5 Å². The Morgan fingerprint density at radius 2 is 1.64 bits per heavy atom. The van der Waals surface area contributed by atoms with Crippen LogP contribution in [0.1, 0.15) is 58.4 Å². The summed E-state index contributed by atoms with van der Waals surface area (Å²) in [6.07, 6.45) is -3.95. The molecule has 50 heavy (non-hydrogen) atoms. The van der Waals surface area contributed by atoms with Gasteiger partial charge in [0.25, 0.3) is 11.8 Å². The highest BCUT2D eigenvalue weighted by molar-refractivity contribution is 6.06. The quantitative estimate of drug-likeness (QED) is 0.184. The van der Waals surface area contributed by atoms with Crippen LogP contribution >= 0.6 is 0 Å². The van der Waals surface area contributed by atoms with Crippen molar-refractivity contribution in [3.63, 3.8) is 0 Å². The third-order valence-corrected chi connectivity index (χ3v) is 8.80. The van der Waals surface area contributed by atoms with Gasteiger partial charge in [0, 0.05) is 34.7 Å². The molecule has 2 aliphatic rings. The molecule has 14 heteroatoms. The van der Waals surface area contributed by atoms with E-state index in [9.17, 15) is 36.7 Å². The van der Waals surface area contributed by atoms with Crippen LogP contribution in [0, 0.1) is 5.82 Å². The van der Waals surface area contributed by atoms with E-state index < -0.39 is 53.2 Å². The van der Waals surface area contributed by atoms with Gasteiger partial charge in [-0.3, -0.25) is 19.3 Å². The Kier molecular flexibility index (Phi) is 9.28. The molecule has 2 heterocycles. The number of hydrogen-bond donors (Lipinski definition) is 2. The molecule has 0 spiro atoms. The number of hydrogen-bond acceptors (Lipinski definition) is 6. The third kappa shape index (κ3) is 6.35. The van der Waals surface area contributed by atoms with E-state index in [-0.39, 0.29) is 29.8 Å². The number of rotatable bonds is 9. The molecule has 2 atom stereocenters. The predicted octanol–water partition coefficient (Wildman–Crippen LogP) is 5.21. The van der Waals surface area contributed by atoms with Crippen molar-refractivity contribution in [2.45, 2.75) is 44.4 Å². The van der Waals surface area contributed by atoms with Crippen LogP contribution in [0.25, 0.3) is 5.69 Å². The normalized spacial score (nSPS) is 17.2. The lowest BCUT2D eigenvalue weighted by molar-refractivity contribution is -0.138. The van der Waals surface area contributed by atoms with Crippen LogP contribution in [0.5, 0.6) is 0 Å². The molecule has 4 aromatic rings. The van der Waals surface area contributed by atoms with E-state index in [2.05, 4.69) is 10.6 Å². The van der Waals surface area contributed by atoms with Gasteiger partial charge in [0.05, 0.1) is 30.6 Å².